The zero-order valence-corrected chi connectivity index (χ0v) is 9.51. The Morgan fingerprint density at radius 1 is 1.06 bits per heavy atom. The van der Waals surface area contributed by atoms with E-state index in [4.69, 9.17) is 0 Å². The van der Waals surface area contributed by atoms with Crippen molar-refractivity contribution in [3.05, 3.63) is 59.2 Å². The number of hydrogen-bond donors (Lipinski definition) is 0. The van der Waals surface area contributed by atoms with E-state index in [9.17, 15) is 0 Å². The molecule has 0 aliphatic rings. The van der Waals surface area contributed by atoms with Gasteiger partial charge in [-0.1, -0.05) is 29.8 Å². The van der Waals surface area contributed by atoms with E-state index < -0.39 is 0 Å². The number of aromatic nitrogens is 2. The van der Waals surface area contributed by atoms with E-state index in [1.54, 1.807) is 12.5 Å². The fourth-order valence-electron chi connectivity index (χ4n) is 1.59. The molecule has 2 nitrogen and oxygen atoms in total. The van der Waals surface area contributed by atoms with Crippen LogP contribution in [0.5, 0.6) is 0 Å². The smallest absolute Gasteiger partial charge is 0.115 e. The number of benzene rings is 1. The molecule has 2 aromatic rings. The fraction of sp³-hybridized carbons (Fsp3) is 0.143. The highest BCUT2D eigenvalue weighted by molar-refractivity contribution is 5.69. The highest BCUT2D eigenvalue weighted by Crippen LogP contribution is 2.13. The molecular formula is C14H14N2. The van der Waals surface area contributed by atoms with Gasteiger partial charge >= 0.3 is 0 Å². The van der Waals surface area contributed by atoms with E-state index in [0.29, 0.717) is 0 Å². The average Bonchev–Trinajstić information content (AvgIpc) is 2.29. The summed E-state index contributed by atoms with van der Waals surface area (Å²) in [7, 11) is 0. The topological polar surface area (TPSA) is 25.8 Å². The van der Waals surface area contributed by atoms with Crippen LogP contribution in [-0.2, 0) is 0 Å². The lowest BCUT2D eigenvalue weighted by molar-refractivity contribution is 1.15. The lowest BCUT2D eigenvalue weighted by Gasteiger charge is -2.01. The van der Waals surface area contributed by atoms with E-state index in [1.165, 1.54) is 16.7 Å². The first-order valence-corrected chi connectivity index (χ1v) is 5.27. The minimum atomic E-state index is 0.926. The van der Waals surface area contributed by atoms with Crippen LogP contribution < -0.4 is 0 Å². The monoisotopic (exact) mass is 210 g/mol. The van der Waals surface area contributed by atoms with Gasteiger partial charge in [0.15, 0.2) is 0 Å². The summed E-state index contributed by atoms with van der Waals surface area (Å²) < 4.78 is 0. The van der Waals surface area contributed by atoms with Crippen LogP contribution in [0.1, 0.15) is 22.4 Å². The van der Waals surface area contributed by atoms with Crippen LogP contribution in [0.25, 0.3) is 12.2 Å². The first kappa shape index (κ1) is 10.6. The summed E-state index contributed by atoms with van der Waals surface area (Å²) in [6.07, 6.45) is 7.38. The molecule has 0 fully saturated rings. The molecule has 1 aromatic heterocycles. The number of nitrogens with zero attached hydrogens (tertiary/aromatic N) is 2. The third-order valence-corrected chi connectivity index (χ3v) is 2.46. The van der Waals surface area contributed by atoms with E-state index >= 15 is 0 Å². The van der Waals surface area contributed by atoms with Gasteiger partial charge in [0.25, 0.3) is 0 Å². The number of aryl methyl sites for hydroxylation is 2. The van der Waals surface area contributed by atoms with Gasteiger partial charge in [-0.25, -0.2) is 9.97 Å². The molecule has 1 heterocycles. The SMILES string of the molecule is Cc1ccc(/C=C/c2ccncn2)c(C)c1. The molecule has 2 heteroatoms. The molecular weight excluding hydrogens is 196 g/mol. The van der Waals surface area contributed by atoms with Crippen molar-refractivity contribution in [3.63, 3.8) is 0 Å². The summed E-state index contributed by atoms with van der Waals surface area (Å²) in [5.74, 6) is 0. The molecule has 0 aliphatic heterocycles. The number of hydrogen-bond acceptors (Lipinski definition) is 2. The Labute approximate surface area is 95.7 Å². The molecule has 0 saturated heterocycles. The fourth-order valence-corrected chi connectivity index (χ4v) is 1.59. The molecule has 0 atom stereocenters. The summed E-state index contributed by atoms with van der Waals surface area (Å²) >= 11 is 0. The minimum Gasteiger partial charge on any atom is -0.245 e. The normalized spacial score (nSPS) is 10.9. The predicted octanol–water partition coefficient (Wildman–Crippen LogP) is 3.26. The second kappa shape index (κ2) is 4.71. The molecule has 80 valence electrons. The Balaban J connectivity index is 2.24. The molecule has 0 N–H and O–H groups in total. The largest absolute Gasteiger partial charge is 0.245 e. The molecule has 16 heavy (non-hydrogen) atoms. The number of rotatable bonds is 2. The second-order valence-electron chi connectivity index (χ2n) is 3.83. The first-order valence-electron chi connectivity index (χ1n) is 5.27. The lowest BCUT2D eigenvalue weighted by Crippen LogP contribution is -1.83. The maximum Gasteiger partial charge on any atom is 0.115 e. The zero-order valence-electron chi connectivity index (χ0n) is 9.51. The minimum absolute atomic E-state index is 0.926. The van der Waals surface area contributed by atoms with Crippen LogP contribution in [0.4, 0.5) is 0 Å². The Kier molecular flexibility index (Phi) is 3.10. The Bertz CT molecular complexity index is 501. The van der Waals surface area contributed by atoms with Crippen molar-refractivity contribution in [2.45, 2.75) is 13.8 Å². The molecule has 0 aliphatic carbocycles. The summed E-state index contributed by atoms with van der Waals surface area (Å²) in [6, 6.07) is 8.31. The molecule has 0 saturated carbocycles. The van der Waals surface area contributed by atoms with Crippen molar-refractivity contribution in [1.82, 2.24) is 9.97 Å². The van der Waals surface area contributed by atoms with Gasteiger partial charge in [-0.05, 0) is 37.1 Å². The molecule has 2 rings (SSSR count). The van der Waals surface area contributed by atoms with Crippen LogP contribution in [-0.4, -0.2) is 9.97 Å². The van der Waals surface area contributed by atoms with E-state index in [0.717, 1.165) is 5.69 Å². The summed E-state index contributed by atoms with van der Waals surface area (Å²) in [5.41, 5.74) is 4.72. The van der Waals surface area contributed by atoms with Crippen LogP contribution in [0.15, 0.2) is 36.8 Å². The van der Waals surface area contributed by atoms with Crippen LogP contribution in [0.3, 0.4) is 0 Å². The van der Waals surface area contributed by atoms with Crippen molar-refractivity contribution >= 4 is 12.2 Å². The van der Waals surface area contributed by atoms with Crippen molar-refractivity contribution in [2.24, 2.45) is 0 Å². The van der Waals surface area contributed by atoms with E-state index in [1.807, 2.05) is 12.1 Å². The van der Waals surface area contributed by atoms with Crippen molar-refractivity contribution in [3.8, 4) is 0 Å². The molecule has 0 unspecified atom stereocenters. The first-order chi connectivity index (χ1) is 7.75. The van der Waals surface area contributed by atoms with Gasteiger partial charge in [0, 0.05) is 6.20 Å². The highest BCUT2D eigenvalue weighted by atomic mass is 14.8. The lowest BCUT2D eigenvalue weighted by atomic mass is 10.1. The molecule has 1 aromatic carbocycles. The quantitative estimate of drug-likeness (QED) is 0.760. The molecule has 0 radical (unpaired) electrons. The Morgan fingerprint density at radius 2 is 1.94 bits per heavy atom. The summed E-state index contributed by atoms with van der Waals surface area (Å²) in [6.45, 7) is 4.22. The van der Waals surface area contributed by atoms with Crippen LogP contribution >= 0.6 is 0 Å². The van der Waals surface area contributed by atoms with Gasteiger partial charge in [-0.2, -0.15) is 0 Å². The molecule has 0 spiro atoms. The maximum absolute atomic E-state index is 4.14. The summed E-state index contributed by atoms with van der Waals surface area (Å²) in [5, 5.41) is 0. The van der Waals surface area contributed by atoms with Crippen molar-refractivity contribution in [1.29, 1.82) is 0 Å². The van der Waals surface area contributed by atoms with Gasteiger partial charge in [-0.15, -0.1) is 0 Å². The van der Waals surface area contributed by atoms with Crippen molar-refractivity contribution in [2.75, 3.05) is 0 Å². The predicted molar refractivity (Wildman–Crippen MR) is 66.9 cm³/mol. The van der Waals surface area contributed by atoms with E-state index in [-0.39, 0.29) is 0 Å². The highest BCUT2D eigenvalue weighted by Gasteiger charge is 1.94. The third kappa shape index (κ3) is 2.54. The standard InChI is InChI=1S/C14H14N2/c1-11-3-4-13(12(2)9-11)5-6-14-7-8-15-10-16-14/h3-10H,1-2H3/b6-5+. The van der Waals surface area contributed by atoms with E-state index in [2.05, 4.69) is 48.1 Å². The Hall–Kier alpha value is -1.96. The second-order valence-corrected chi connectivity index (χ2v) is 3.83. The zero-order chi connectivity index (χ0) is 11.4. The van der Waals surface area contributed by atoms with Gasteiger partial charge in [-0.3, -0.25) is 0 Å². The van der Waals surface area contributed by atoms with Crippen LogP contribution in [0, 0.1) is 13.8 Å². The van der Waals surface area contributed by atoms with Gasteiger partial charge in [0.1, 0.15) is 6.33 Å². The molecule has 0 amide bonds. The van der Waals surface area contributed by atoms with Gasteiger partial charge < -0.3 is 0 Å². The van der Waals surface area contributed by atoms with Crippen molar-refractivity contribution < 1.29 is 0 Å². The average molecular weight is 210 g/mol. The Morgan fingerprint density at radius 3 is 2.62 bits per heavy atom. The van der Waals surface area contributed by atoms with Crippen LogP contribution in [0.2, 0.25) is 0 Å². The van der Waals surface area contributed by atoms with Gasteiger partial charge in [0.05, 0.1) is 5.69 Å². The third-order valence-electron chi connectivity index (χ3n) is 2.46. The molecule has 0 bridgehead atoms. The maximum atomic E-state index is 4.14. The summed E-state index contributed by atoms with van der Waals surface area (Å²) in [4.78, 5) is 8.03. The van der Waals surface area contributed by atoms with Gasteiger partial charge in [0.2, 0.25) is 0 Å².